The molecule has 4 aromatic rings. The second kappa shape index (κ2) is 8.64. The summed E-state index contributed by atoms with van der Waals surface area (Å²) in [5, 5.41) is 13.3. The fourth-order valence-electron chi connectivity index (χ4n) is 2.96. The molecule has 0 bridgehead atoms. The molecule has 3 aromatic heterocycles. The van der Waals surface area contributed by atoms with Crippen LogP contribution >= 0.6 is 34.4 Å². The monoisotopic (exact) mass is 443 g/mol. The van der Waals surface area contributed by atoms with E-state index in [1.54, 1.807) is 23.1 Å². The number of thioether (sulfide) groups is 1. The van der Waals surface area contributed by atoms with E-state index in [0.29, 0.717) is 11.2 Å². The highest BCUT2D eigenvalue weighted by atomic mass is 32.2. The third-order valence-corrected chi connectivity index (χ3v) is 7.83. The Kier molecular flexibility index (Phi) is 5.98. The summed E-state index contributed by atoms with van der Waals surface area (Å²) in [4.78, 5) is 22.1. The largest absolute Gasteiger partial charge is 0.360 e. The molecule has 4 rings (SSSR count). The van der Waals surface area contributed by atoms with Gasteiger partial charge in [-0.15, -0.1) is 21.5 Å². The average Bonchev–Trinajstić information content (AvgIpc) is 3.26. The zero-order chi connectivity index (χ0) is 20.4. The lowest BCUT2D eigenvalue weighted by molar-refractivity contribution is 0.917. The lowest BCUT2D eigenvalue weighted by Gasteiger charge is -2.07. The van der Waals surface area contributed by atoms with E-state index >= 15 is 0 Å². The van der Waals surface area contributed by atoms with Crippen LogP contribution in [0.2, 0.25) is 0 Å². The Morgan fingerprint density at radius 2 is 1.97 bits per heavy atom. The summed E-state index contributed by atoms with van der Waals surface area (Å²) in [7, 11) is 0. The van der Waals surface area contributed by atoms with Crippen LogP contribution in [0.3, 0.4) is 0 Å². The molecule has 9 heteroatoms. The molecule has 0 radical (unpaired) electrons. The summed E-state index contributed by atoms with van der Waals surface area (Å²) in [5.41, 5.74) is 2.23. The van der Waals surface area contributed by atoms with E-state index in [4.69, 9.17) is 0 Å². The van der Waals surface area contributed by atoms with Crippen molar-refractivity contribution in [1.29, 1.82) is 0 Å². The minimum absolute atomic E-state index is 0.0278. The average molecular weight is 444 g/mol. The molecule has 0 aliphatic carbocycles. The van der Waals surface area contributed by atoms with Crippen LogP contribution < -0.4 is 10.9 Å². The first-order valence-corrected chi connectivity index (χ1v) is 11.8. The molecule has 0 aliphatic rings. The van der Waals surface area contributed by atoms with Crippen molar-refractivity contribution in [3.63, 3.8) is 0 Å². The van der Waals surface area contributed by atoms with Crippen LogP contribution in [0.25, 0.3) is 10.2 Å². The van der Waals surface area contributed by atoms with E-state index < -0.39 is 0 Å². The molecule has 150 valence electrons. The molecular weight excluding hydrogens is 422 g/mol. The Bertz CT molecular complexity index is 1180. The summed E-state index contributed by atoms with van der Waals surface area (Å²) in [6, 6.07) is 10.3. The van der Waals surface area contributed by atoms with Gasteiger partial charge >= 0.3 is 0 Å². The Hall–Kier alpha value is -2.23. The molecule has 6 nitrogen and oxygen atoms in total. The van der Waals surface area contributed by atoms with Gasteiger partial charge in [-0.2, -0.15) is 0 Å². The van der Waals surface area contributed by atoms with E-state index in [9.17, 15) is 4.79 Å². The number of H-pyrrole nitrogens is 1. The van der Waals surface area contributed by atoms with Crippen LogP contribution in [0.5, 0.6) is 0 Å². The Morgan fingerprint density at radius 1 is 1.17 bits per heavy atom. The number of hydrogen-bond donors (Lipinski definition) is 2. The number of thiophene rings is 1. The van der Waals surface area contributed by atoms with Crippen LogP contribution in [-0.2, 0) is 6.42 Å². The van der Waals surface area contributed by atoms with Gasteiger partial charge in [-0.05, 0) is 38.3 Å². The first kappa shape index (κ1) is 20.1. The maximum atomic E-state index is 12.5. The molecule has 0 saturated carbocycles. The molecule has 3 heterocycles. The number of nitrogens with one attached hydrogen (secondary N) is 2. The summed E-state index contributed by atoms with van der Waals surface area (Å²) in [5.74, 6) is 0.669. The number of nitrogens with zero attached hydrogens (tertiary/aromatic N) is 3. The fraction of sp³-hybridized carbons (Fsp3) is 0.300. The van der Waals surface area contributed by atoms with Gasteiger partial charge in [-0.3, -0.25) is 4.79 Å². The molecule has 0 aliphatic heterocycles. The van der Waals surface area contributed by atoms with Crippen molar-refractivity contribution in [2.45, 2.75) is 36.8 Å². The summed E-state index contributed by atoms with van der Waals surface area (Å²) in [6.07, 6.45) is 0.935. The smallest absolute Gasteiger partial charge is 0.259 e. The van der Waals surface area contributed by atoms with E-state index in [0.717, 1.165) is 37.7 Å². The number of rotatable bonds is 7. The molecular formula is C20H21N5OS3. The van der Waals surface area contributed by atoms with E-state index in [2.05, 4.69) is 37.6 Å². The van der Waals surface area contributed by atoms with Gasteiger partial charge in [0.1, 0.15) is 10.7 Å². The molecule has 0 fully saturated rings. The molecule has 1 aromatic carbocycles. The minimum Gasteiger partial charge on any atom is -0.360 e. The minimum atomic E-state index is -0.0696. The molecule has 29 heavy (non-hydrogen) atoms. The maximum Gasteiger partial charge on any atom is 0.259 e. The number of anilines is 1. The Morgan fingerprint density at radius 3 is 2.76 bits per heavy atom. The summed E-state index contributed by atoms with van der Waals surface area (Å²) in [6.45, 7) is 6.82. The number of benzene rings is 1. The summed E-state index contributed by atoms with van der Waals surface area (Å²) < 4.78 is 0.848. The van der Waals surface area contributed by atoms with Crippen molar-refractivity contribution in [2.24, 2.45) is 0 Å². The zero-order valence-corrected chi connectivity index (χ0v) is 18.8. The van der Waals surface area contributed by atoms with Crippen molar-refractivity contribution in [3.8, 4) is 0 Å². The van der Waals surface area contributed by atoms with Gasteiger partial charge in [0.15, 0.2) is 4.34 Å². The predicted octanol–water partition coefficient (Wildman–Crippen LogP) is 4.96. The predicted molar refractivity (Wildman–Crippen MR) is 123 cm³/mol. The lowest BCUT2D eigenvalue weighted by Crippen LogP contribution is -2.12. The van der Waals surface area contributed by atoms with E-state index in [1.807, 2.05) is 39.0 Å². The highest BCUT2D eigenvalue weighted by molar-refractivity contribution is 8.01. The van der Waals surface area contributed by atoms with E-state index in [-0.39, 0.29) is 10.8 Å². The topological polar surface area (TPSA) is 83.6 Å². The Labute approximate surface area is 180 Å². The number of aromatic amines is 1. The van der Waals surface area contributed by atoms with Crippen LogP contribution in [0, 0.1) is 13.8 Å². The summed E-state index contributed by atoms with van der Waals surface area (Å²) >= 11 is 4.64. The van der Waals surface area contributed by atoms with Crippen molar-refractivity contribution in [1.82, 2.24) is 20.2 Å². The number of aromatic nitrogens is 4. The lowest BCUT2D eigenvalue weighted by atomic mass is 10.2. The van der Waals surface area contributed by atoms with Crippen molar-refractivity contribution >= 4 is 49.8 Å². The SMILES string of the molecule is Cc1sc2nc([C@@H](C)Sc3nnc(NCCc4ccccc4)s3)[nH]c(=O)c2c1C. The van der Waals surface area contributed by atoms with Crippen molar-refractivity contribution < 1.29 is 0 Å². The second-order valence-corrected chi connectivity index (χ2v) is 10.5. The highest BCUT2D eigenvalue weighted by Crippen LogP contribution is 2.36. The van der Waals surface area contributed by atoms with Crippen LogP contribution in [-0.4, -0.2) is 26.7 Å². The van der Waals surface area contributed by atoms with Crippen molar-refractivity contribution in [3.05, 3.63) is 62.5 Å². The molecule has 1 atom stereocenters. The number of fused-ring (bicyclic) bond motifs is 1. The van der Waals surface area contributed by atoms with Gasteiger partial charge < -0.3 is 10.3 Å². The van der Waals surface area contributed by atoms with Crippen molar-refractivity contribution in [2.75, 3.05) is 11.9 Å². The normalized spacial score (nSPS) is 12.4. The molecule has 0 amide bonds. The molecule has 0 spiro atoms. The standard InChI is InChI=1S/C20H21N5OS3/c1-11-12(2)27-18-15(11)17(26)22-16(23-18)13(3)28-20-25-24-19(29-20)21-10-9-14-7-5-4-6-8-14/h4-8,13H,9-10H2,1-3H3,(H,21,24)(H,22,23,26)/t13-/m1/s1. The Balaban J connectivity index is 1.40. The third-order valence-electron chi connectivity index (χ3n) is 4.66. The second-order valence-electron chi connectivity index (χ2n) is 6.71. The van der Waals surface area contributed by atoms with Gasteiger partial charge in [-0.1, -0.05) is 53.4 Å². The molecule has 2 N–H and O–H groups in total. The first-order chi connectivity index (χ1) is 14.0. The van der Waals surface area contributed by atoms with Crippen LogP contribution in [0.15, 0.2) is 39.5 Å². The molecule has 0 unspecified atom stereocenters. The zero-order valence-electron chi connectivity index (χ0n) is 16.4. The van der Waals surface area contributed by atoms with E-state index in [1.165, 1.54) is 16.9 Å². The van der Waals surface area contributed by atoms with Gasteiger partial charge in [0.2, 0.25) is 5.13 Å². The van der Waals surface area contributed by atoms with Gasteiger partial charge in [0, 0.05) is 11.4 Å². The van der Waals surface area contributed by atoms with Gasteiger partial charge in [0.25, 0.3) is 5.56 Å². The first-order valence-electron chi connectivity index (χ1n) is 9.29. The van der Waals surface area contributed by atoms with Gasteiger partial charge in [-0.25, -0.2) is 4.98 Å². The van der Waals surface area contributed by atoms with Crippen LogP contribution in [0.1, 0.15) is 34.0 Å². The van der Waals surface area contributed by atoms with Crippen LogP contribution in [0.4, 0.5) is 5.13 Å². The number of aryl methyl sites for hydroxylation is 2. The highest BCUT2D eigenvalue weighted by Gasteiger charge is 2.17. The molecule has 0 saturated heterocycles. The third kappa shape index (κ3) is 4.52. The quantitative estimate of drug-likeness (QED) is 0.393. The number of hydrogen-bond acceptors (Lipinski definition) is 8. The maximum absolute atomic E-state index is 12.5. The van der Waals surface area contributed by atoms with Gasteiger partial charge in [0.05, 0.1) is 10.6 Å². The fourth-order valence-corrected chi connectivity index (χ4v) is 5.97.